The van der Waals surface area contributed by atoms with Gasteiger partial charge in [-0.1, -0.05) is 24.1 Å². The predicted molar refractivity (Wildman–Crippen MR) is 76.3 cm³/mol. The monoisotopic (exact) mass is 272 g/mol. The van der Waals surface area contributed by atoms with Gasteiger partial charge in [0.1, 0.15) is 5.69 Å². The fourth-order valence-electron chi connectivity index (χ4n) is 2.97. The molecule has 2 aromatic rings. The molecule has 0 aliphatic heterocycles. The maximum atomic E-state index is 5.50. The van der Waals surface area contributed by atoms with Crippen molar-refractivity contribution in [2.45, 2.75) is 44.6 Å². The quantitative estimate of drug-likeness (QED) is 0.930. The van der Waals surface area contributed by atoms with Crippen LogP contribution in [0, 0.1) is 6.92 Å². The highest BCUT2D eigenvalue weighted by atomic mass is 16.5. The van der Waals surface area contributed by atoms with Crippen molar-refractivity contribution in [2.24, 2.45) is 0 Å². The number of rotatable bonds is 3. The standard InChI is InChI=1S/C15H20N4O/c1-10-6-5-9-17-13(10)14-18-15(20-19-14)11-7-3-4-8-12(11)16-2/h5-6,9,11-12,16H,3-4,7-8H2,1-2H3. The van der Waals surface area contributed by atoms with Crippen LogP contribution in [0.4, 0.5) is 0 Å². The number of pyridine rings is 1. The minimum absolute atomic E-state index is 0.319. The van der Waals surface area contributed by atoms with Gasteiger partial charge in [-0.05, 0) is 38.4 Å². The average Bonchev–Trinajstić information content (AvgIpc) is 2.97. The molecule has 0 bridgehead atoms. The third-order valence-electron chi connectivity index (χ3n) is 4.12. The molecule has 1 fully saturated rings. The lowest BCUT2D eigenvalue weighted by molar-refractivity contribution is 0.270. The molecule has 2 unspecified atom stereocenters. The van der Waals surface area contributed by atoms with Crippen molar-refractivity contribution >= 4 is 0 Å². The zero-order valence-electron chi connectivity index (χ0n) is 12.0. The van der Waals surface area contributed by atoms with Crippen molar-refractivity contribution in [3.63, 3.8) is 0 Å². The molecule has 5 heteroatoms. The molecule has 20 heavy (non-hydrogen) atoms. The van der Waals surface area contributed by atoms with Crippen LogP contribution in [-0.4, -0.2) is 28.2 Å². The molecule has 5 nitrogen and oxygen atoms in total. The van der Waals surface area contributed by atoms with E-state index < -0.39 is 0 Å². The third kappa shape index (κ3) is 2.45. The van der Waals surface area contributed by atoms with Gasteiger partial charge in [0.25, 0.3) is 0 Å². The number of hydrogen-bond acceptors (Lipinski definition) is 5. The summed E-state index contributed by atoms with van der Waals surface area (Å²) in [5.41, 5.74) is 1.87. The fourth-order valence-corrected chi connectivity index (χ4v) is 2.97. The lowest BCUT2D eigenvalue weighted by Gasteiger charge is -2.28. The first-order chi connectivity index (χ1) is 9.79. The Morgan fingerprint density at radius 1 is 1.30 bits per heavy atom. The molecule has 0 spiro atoms. The van der Waals surface area contributed by atoms with Crippen LogP contribution in [0.2, 0.25) is 0 Å². The Balaban J connectivity index is 1.88. The van der Waals surface area contributed by atoms with Gasteiger partial charge in [0.15, 0.2) is 0 Å². The number of nitrogens with one attached hydrogen (secondary N) is 1. The average molecular weight is 272 g/mol. The second-order valence-corrected chi connectivity index (χ2v) is 5.41. The smallest absolute Gasteiger partial charge is 0.231 e. The highest BCUT2D eigenvalue weighted by Gasteiger charge is 2.30. The molecule has 0 aromatic carbocycles. The molecule has 2 atom stereocenters. The highest BCUT2D eigenvalue weighted by molar-refractivity contribution is 5.53. The summed E-state index contributed by atoms with van der Waals surface area (Å²) in [7, 11) is 2.00. The van der Waals surface area contributed by atoms with E-state index in [9.17, 15) is 0 Å². The SMILES string of the molecule is CNC1CCCCC1c1nc(-c2ncccc2C)no1. The number of aromatic nitrogens is 3. The molecule has 0 saturated heterocycles. The van der Waals surface area contributed by atoms with E-state index in [1.807, 2.05) is 26.1 Å². The Kier molecular flexibility index (Phi) is 3.78. The molecule has 106 valence electrons. The molecule has 2 aromatic heterocycles. The number of likely N-dealkylation sites (N-methyl/N-ethyl adjacent to an activating group) is 1. The highest BCUT2D eigenvalue weighted by Crippen LogP contribution is 2.33. The van der Waals surface area contributed by atoms with Crippen LogP contribution >= 0.6 is 0 Å². The van der Waals surface area contributed by atoms with Gasteiger partial charge < -0.3 is 9.84 Å². The van der Waals surface area contributed by atoms with Gasteiger partial charge in [-0.25, -0.2) is 0 Å². The van der Waals surface area contributed by atoms with Crippen LogP contribution in [0.15, 0.2) is 22.9 Å². The summed E-state index contributed by atoms with van der Waals surface area (Å²) in [6.07, 6.45) is 6.52. The van der Waals surface area contributed by atoms with E-state index in [-0.39, 0.29) is 0 Å². The van der Waals surface area contributed by atoms with Crippen LogP contribution < -0.4 is 5.32 Å². The summed E-state index contributed by atoms with van der Waals surface area (Å²) in [5.74, 6) is 1.65. The molecule has 2 heterocycles. The summed E-state index contributed by atoms with van der Waals surface area (Å²) >= 11 is 0. The van der Waals surface area contributed by atoms with E-state index in [1.165, 1.54) is 19.3 Å². The van der Waals surface area contributed by atoms with Crippen molar-refractivity contribution in [3.8, 4) is 11.5 Å². The first-order valence-electron chi connectivity index (χ1n) is 7.22. The summed E-state index contributed by atoms with van der Waals surface area (Å²) in [4.78, 5) is 8.93. The molecule has 1 N–H and O–H groups in total. The second kappa shape index (κ2) is 5.71. The molecular weight excluding hydrogens is 252 g/mol. The Bertz CT molecular complexity index is 581. The summed E-state index contributed by atoms with van der Waals surface area (Å²) in [5, 5.41) is 7.48. The van der Waals surface area contributed by atoms with E-state index in [0.717, 1.165) is 23.6 Å². The molecule has 0 radical (unpaired) electrons. The van der Waals surface area contributed by atoms with Crippen molar-refractivity contribution in [1.29, 1.82) is 0 Å². The van der Waals surface area contributed by atoms with Crippen LogP contribution in [0.25, 0.3) is 11.5 Å². The Morgan fingerprint density at radius 2 is 2.15 bits per heavy atom. The Morgan fingerprint density at radius 3 is 2.95 bits per heavy atom. The molecule has 3 rings (SSSR count). The third-order valence-corrected chi connectivity index (χ3v) is 4.12. The van der Waals surface area contributed by atoms with Crippen LogP contribution in [0.5, 0.6) is 0 Å². The lowest BCUT2D eigenvalue weighted by Crippen LogP contribution is -2.34. The van der Waals surface area contributed by atoms with E-state index in [2.05, 4.69) is 20.4 Å². The zero-order chi connectivity index (χ0) is 13.9. The zero-order valence-corrected chi connectivity index (χ0v) is 12.0. The van der Waals surface area contributed by atoms with E-state index in [0.29, 0.717) is 17.8 Å². The largest absolute Gasteiger partial charge is 0.339 e. The van der Waals surface area contributed by atoms with Gasteiger partial charge in [0.05, 0.1) is 5.92 Å². The van der Waals surface area contributed by atoms with Gasteiger partial charge in [-0.3, -0.25) is 4.98 Å². The van der Waals surface area contributed by atoms with E-state index >= 15 is 0 Å². The van der Waals surface area contributed by atoms with Gasteiger partial charge in [-0.15, -0.1) is 0 Å². The number of hydrogen-bond donors (Lipinski definition) is 1. The van der Waals surface area contributed by atoms with E-state index in [4.69, 9.17) is 4.52 Å². The normalized spacial score (nSPS) is 22.9. The maximum absolute atomic E-state index is 5.50. The number of aryl methyl sites for hydroxylation is 1. The van der Waals surface area contributed by atoms with E-state index in [1.54, 1.807) is 6.20 Å². The minimum atomic E-state index is 0.319. The van der Waals surface area contributed by atoms with Crippen molar-refractivity contribution in [2.75, 3.05) is 7.05 Å². The molecular formula is C15H20N4O. The maximum Gasteiger partial charge on any atom is 0.231 e. The molecule has 1 saturated carbocycles. The van der Waals surface area contributed by atoms with Crippen molar-refractivity contribution < 1.29 is 4.52 Å². The first kappa shape index (κ1) is 13.2. The van der Waals surface area contributed by atoms with Gasteiger partial charge in [-0.2, -0.15) is 4.98 Å². The van der Waals surface area contributed by atoms with Crippen LogP contribution in [0.3, 0.4) is 0 Å². The molecule has 1 aliphatic rings. The Hall–Kier alpha value is -1.75. The first-order valence-corrected chi connectivity index (χ1v) is 7.22. The van der Waals surface area contributed by atoms with Gasteiger partial charge in [0, 0.05) is 12.2 Å². The molecule has 1 aliphatic carbocycles. The second-order valence-electron chi connectivity index (χ2n) is 5.41. The van der Waals surface area contributed by atoms with Gasteiger partial charge >= 0.3 is 0 Å². The molecule has 0 amide bonds. The number of nitrogens with zero attached hydrogens (tertiary/aromatic N) is 3. The Labute approximate surface area is 118 Å². The van der Waals surface area contributed by atoms with Crippen LogP contribution in [0.1, 0.15) is 43.1 Å². The minimum Gasteiger partial charge on any atom is -0.339 e. The topological polar surface area (TPSA) is 63.8 Å². The van der Waals surface area contributed by atoms with Crippen molar-refractivity contribution in [1.82, 2.24) is 20.4 Å². The fraction of sp³-hybridized carbons (Fsp3) is 0.533. The van der Waals surface area contributed by atoms with Gasteiger partial charge in [0.2, 0.25) is 11.7 Å². The van der Waals surface area contributed by atoms with Crippen molar-refractivity contribution in [3.05, 3.63) is 29.8 Å². The summed E-state index contributed by atoms with van der Waals surface area (Å²) < 4.78 is 5.50. The predicted octanol–water partition coefficient (Wildman–Crippen LogP) is 2.69. The summed E-state index contributed by atoms with van der Waals surface area (Å²) in [6.45, 7) is 2.01. The van der Waals surface area contributed by atoms with Crippen LogP contribution in [-0.2, 0) is 0 Å². The lowest BCUT2D eigenvalue weighted by atomic mass is 9.84. The summed E-state index contributed by atoms with van der Waals surface area (Å²) in [6, 6.07) is 4.36.